The summed E-state index contributed by atoms with van der Waals surface area (Å²) in [4.78, 5) is 11.2. The molecule has 0 aliphatic rings. The fourth-order valence-corrected chi connectivity index (χ4v) is 2.94. The maximum absolute atomic E-state index is 13.8. The lowest BCUT2D eigenvalue weighted by Crippen LogP contribution is -2.02. The summed E-state index contributed by atoms with van der Waals surface area (Å²) >= 11 is 0. The van der Waals surface area contributed by atoms with Crippen LogP contribution in [-0.2, 0) is 16.6 Å². The van der Waals surface area contributed by atoms with Crippen LogP contribution in [0.5, 0.6) is 5.75 Å². The van der Waals surface area contributed by atoms with E-state index in [1.807, 2.05) is 0 Å². The number of carboxylic acids is 1. The summed E-state index contributed by atoms with van der Waals surface area (Å²) in [6.45, 7) is 0. The van der Waals surface area contributed by atoms with E-state index in [2.05, 4.69) is 0 Å². The summed E-state index contributed by atoms with van der Waals surface area (Å²) in [6, 6.07) is 10.1. The Morgan fingerprint density at radius 2 is 2.05 bits per heavy atom. The minimum absolute atomic E-state index is 0.0289. The first-order chi connectivity index (χ1) is 10.0. The molecule has 0 aliphatic heterocycles. The number of carbonyl (C=O) groups is 1. The summed E-state index contributed by atoms with van der Waals surface area (Å²) in [5.74, 6) is -1.24. The molecule has 1 N–H and O–H groups in total. The quantitative estimate of drug-likeness (QED) is 0.922. The van der Waals surface area contributed by atoms with Crippen molar-refractivity contribution in [2.75, 3.05) is 7.11 Å². The van der Waals surface area contributed by atoms with Gasteiger partial charge in [-0.25, -0.2) is 9.18 Å². The highest BCUT2D eigenvalue weighted by Gasteiger charge is 2.12. The third-order valence-corrected chi connectivity index (χ3v) is 4.24. The first kappa shape index (κ1) is 15.2. The van der Waals surface area contributed by atoms with Crippen molar-refractivity contribution in [1.82, 2.24) is 0 Å². The number of hydrogen-bond donors (Lipinski definition) is 1. The van der Waals surface area contributed by atoms with Crippen molar-refractivity contribution < 1.29 is 23.2 Å². The van der Waals surface area contributed by atoms with Crippen molar-refractivity contribution >= 4 is 16.8 Å². The molecule has 0 spiro atoms. The Labute approximate surface area is 123 Å². The summed E-state index contributed by atoms with van der Waals surface area (Å²) in [6.07, 6.45) is 0. The minimum Gasteiger partial charge on any atom is -0.497 e. The van der Waals surface area contributed by atoms with Gasteiger partial charge in [-0.1, -0.05) is 12.1 Å². The van der Waals surface area contributed by atoms with E-state index < -0.39 is 22.6 Å². The van der Waals surface area contributed by atoms with Gasteiger partial charge in [0.15, 0.2) is 0 Å². The van der Waals surface area contributed by atoms with Gasteiger partial charge in [-0.2, -0.15) is 0 Å². The molecule has 0 bridgehead atoms. The molecule has 0 fully saturated rings. The second-order valence-electron chi connectivity index (χ2n) is 4.28. The van der Waals surface area contributed by atoms with E-state index in [4.69, 9.17) is 9.84 Å². The number of benzene rings is 2. The van der Waals surface area contributed by atoms with Crippen LogP contribution in [0.1, 0.15) is 15.9 Å². The predicted molar refractivity (Wildman–Crippen MR) is 76.5 cm³/mol. The zero-order valence-electron chi connectivity index (χ0n) is 11.2. The van der Waals surface area contributed by atoms with Gasteiger partial charge in [-0.05, 0) is 24.3 Å². The van der Waals surface area contributed by atoms with Crippen LogP contribution in [0.15, 0.2) is 47.4 Å². The second kappa shape index (κ2) is 6.49. The molecule has 0 saturated carbocycles. The molecule has 2 aromatic rings. The molecular formula is C15H13FO4S. The van der Waals surface area contributed by atoms with Crippen molar-refractivity contribution in [3.8, 4) is 5.75 Å². The van der Waals surface area contributed by atoms with Gasteiger partial charge in [-0.3, -0.25) is 4.21 Å². The van der Waals surface area contributed by atoms with Gasteiger partial charge in [0.05, 0.1) is 29.2 Å². The summed E-state index contributed by atoms with van der Waals surface area (Å²) in [5, 5.41) is 8.91. The van der Waals surface area contributed by atoms with Crippen LogP contribution in [0.3, 0.4) is 0 Å². The molecule has 2 aromatic carbocycles. The zero-order chi connectivity index (χ0) is 15.4. The maximum atomic E-state index is 13.8. The molecule has 2 rings (SSSR count). The highest BCUT2D eigenvalue weighted by atomic mass is 32.2. The Balaban J connectivity index is 2.22. The van der Waals surface area contributed by atoms with Crippen LogP contribution in [0.25, 0.3) is 0 Å². The number of aromatic carboxylic acids is 1. The van der Waals surface area contributed by atoms with Crippen molar-refractivity contribution in [1.29, 1.82) is 0 Å². The Morgan fingerprint density at radius 1 is 1.29 bits per heavy atom. The van der Waals surface area contributed by atoms with E-state index in [-0.39, 0.29) is 16.9 Å². The zero-order valence-corrected chi connectivity index (χ0v) is 12.0. The Hall–Kier alpha value is -2.21. The van der Waals surface area contributed by atoms with E-state index in [1.54, 1.807) is 12.1 Å². The molecule has 0 saturated heterocycles. The molecule has 0 aromatic heterocycles. The predicted octanol–water partition coefficient (Wildman–Crippen LogP) is 2.84. The average molecular weight is 308 g/mol. The van der Waals surface area contributed by atoms with Crippen molar-refractivity contribution in [2.45, 2.75) is 10.6 Å². The molecule has 1 unspecified atom stereocenters. The molecule has 0 radical (unpaired) electrons. The molecule has 1 atom stereocenters. The molecule has 0 aliphatic carbocycles. The van der Waals surface area contributed by atoms with Crippen LogP contribution in [0.2, 0.25) is 0 Å². The molecule has 0 amide bonds. The Kier molecular flexibility index (Phi) is 4.70. The van der Waals surface area contributed by atoms with Gasteiger partial charge < -0.3 is 9.84 Å². The van der Waals surface area contributed by atoms with Gasteiger partial charge >= 0.3 is 5.97 Å². The van der Waals surface area contributed by atoms with Crippen LogP contribution in [-0.4, -0.2) is 22.4 Å². The van der Waals surface area contributed by atoms with E-state index in [9.17, 15) is 13.4 Å². The third kappa shape index (κ3) is 3.66. The molecule has 0 heterocycles. The maximum Gasteiger partial charge on any atom is 0.335 e. The highest BCUT2D eigenvalue weighted by Crippen LogP contribution is 2.20. The average Bonchev–Trinajstić information content (AvgIpc) is 2.49. The van der Waals surface area contributed by atoms with E-state index in [0.29, 0.717) is 10.6 Å². The highest BCUT2D eigenvalue weighted by molar-refractivity contribution is 7.84. The van der Waals surface area contributed by atoms with Gasteiger partial charge in [0.1, 0.15) is 11.6 Å². The SMILES string of the molecule is COc1ccc(CS(=O)c2cccc(C(=O)O)c2)c(F)c1. The third-order valence-electron chi connectivity index (χ3n) is 2.89. The van der Waals surface area contributed by atoms with Gasteiger partial charge in [0.2, 0.25) is 0 Å². The second-order valence-corrected chi connectivity index (χ2v) is 5.73. The lowest BCUT2D eigenvalue weighted by Gasteiger charge is -2.06. The minimum atomic E-state index is -1.52. The van der Waals surface area contributed by atoms with E-state index >= 15 is 0 Å². The monoisotopic (exact) mass is 308 g/mol. The van der Waals surface area contributed by atoms with Gasteiger partial charge in [0.25, 0.3) is 0 Å². The van der Waals surface area contributed by atoms with E-state index in [0.717, 1.165) is 0 Å². The van der Waals surface area contributed by atoms with Gasteiger partial charge in [0, 0.05) is 16.5 Å². The largest absolute Gasteiger partial charge is 0.497 e. The smallest absolute Gasteiger partial charge is 0.335 e. The lowest BCUT2D eigenvalue weighted by molar-refractivity contribution is 0.0696. The Morgan fingerprint density at radius 3 is 2.67 bits per heavy atom. The molecule has 110 valence electrons. The van der Waals surface area contributed by atoms with Crippen LogP contribution in [0, 0.1) is 5.82 Å². The first-order valence-corrected chi connectivity index (χ1v) is 7.37. The van der Waals surface area contributed by atoms with E-state index in [1.165, 1.54) is 37.4 Å². The van der Waals surface area contributed by atoms with Crippen molar-refractivity contribution in [3.63, 3.8) is 0 Å². The summed E-state index contributed by atoms with van der Waals surface area (Å²) in [5.41, 5.74) is 0.339. The lowest BCUT2D eigenvalue weighted by atomic mass is 10.2. The number of ether oxygens (including phenoxy) is 1. The number of methoxy groups -OCH3 is 1. The summed E-state index contributed by atoms with van der Waals surface area (Å²) < 4.78 is 30.9. The number of halogens is 1. The number of carboxylic acid groups (broad SMARTS) is 1. The normalized spacial score (nSPS) is 11.9. The van der Waals surface area contributed by atoms with Gasteiger partial charge in [-0.15, -0.1) is 0 Å². The fraction of sp³-hybridized carbons (Fsp3) is 0.133. The number of hydrogen-bond acceptors (Lipinski definition) is 3. The van der Waals surface area contributed by atoms with Crippen LogP contribution < -0.4 is 4.74 Å². The van der Waals surface area contributed by atoms with Crippen molar-refractivity contribution in [2.24, 2.45) is 0 Å². The topological polar surface area (TPSA) is 63.6 Å². The van der Waals surface area contributed by atoms with Crippen molar-refractivity contribution in [3.05, 3.63) is 59.4 Å². The first-order valence-electron chi connectivity index (χ1n) is 6.05. The van der Waals surface area contributed by atoms with Crippen LogP contribution >= 0.6 is 0 Å². The molecule has 21 heavy (non-hydrogen) atoms. The van der Waals surface area contributed by atoms with Crippen LogP contribution in [0.4, 0.5) is 4.39 Å². The molecular weight excluding hydrogens is 295 g/mol. The fourth-order valence-electron chi connectivity index (χ4n) is 1.77. The Bertz CT molecular complexity index is 700. The standard InChI is InChI=1S/C15H13FO4S/c1-20-12-6-5-11(14(16)8-12)9-21(19)13-4-2-3-10(7-13)15(17)18/h2-8H,9H2,1H3,(H,17,18). The number of rotatable bonds is 5. The summed E-state index contributed by atoms with van der Waals surface area (Å²) in [7, 11) is -0.0897. The molecule has 4 nitrogen and oxygen atoms in total. The molecule has 6 heteroatoms.